The van der Waals surface area contributed by atoms with Crippen molar-refractivity contribution in [1.82, 2.24) is 0 Å². The van der Waals surface area contributed by atoms with Gasteiger partial charge in [-0.15, -0.1) is 0 Å². The molecule has 0 amide bonds. The predicted molar refractivity (Wildman–Crippen MR) is 117 cm³/mol. The van der Waals surface area contributed by atoms with E-state index < -0.39 is 6.10 Å². The van der Waals surface area contributed by atoms with Crippen LogP contribution in [0.25, 0.3) is 0 Å². The quantitative estimate of drug-likeness (QED) is 0.162. The third kappa shape index (κ3) is 21.2. The zero-order valence-electron chi connectivity index (χ0n) is 18.5. The zero-order valence-corrected chi connectivity index (χ0v) is 18.5. The number of aliphatic hydroxyl groups excluding tert-OH is 1. The molecular formula is C24H44O4. The van der Waals surface area contributed by atoms with E-state index in [1.165, 1.54) is 44.9 Å². The van der Waals surface area contributed by atoms with Gasteiger partial charge in [-0.05, 0) is 52.4 Å². The summed E-state index contributed by atoms with van der Waals surface area (Å²) in [7, 11) is 0. The number of aliphatic hydroxyl groups is 1. The number of rotatable bonds is 19. The molecule has 0 aliphatic rings. The third-order valence-electron chi connectivity index (χ3n) is 4.43. The van der Waals surface area contributed by atoms with E-state index in [0.717, 1.165) is 25.7 Å². The van der Waals surface area contributed by atoms with Crippen LogP contribution in [0, 0.1) is 0 Å². The molecule has 0 aromatic carbocycles. The molecule has 0 aliphatic heterocycles. The molecule has 0 spiro atoms. The van der Waals surface area contributed by atoms with Crippen LogP contribution in [0.2, 0.25) is 0 Å². The molecule has 0 aliphatic carbocycles. The average molecular weight is 397 g/mol. The summed E-state index contributed by atoms with van der Waals surface area (Å²) >= 11 is 0. The second-order valence-electron chi connectivity index (χ2n) is 7.66. The normalized spacial score (nSPS) is 14.0. The number of carbonyl (C=O) groups excluding carboxylic acids is 1. The molecule has 0 bridgehead atoms. The van der Waals surface area contributed by atoms with E-state index in [1.54, 1.807) is 6.92 Å². The number of hydrogen-bond donors (Lipinski definition) is 1. The van der Waals surface area contributed by atoms with E-state index in [9.17, 15) is 4.79 Å². The van der Waals surface area contributed by atoms with E-state index >= 15 is 0 Å². The summed E-state index contributed by atoms with van der Waals surface area (Å²) in [6, 6.07) is 0. The van der Waals surface area contributed by atoms with Crippen molar-refractivity contribution < 1.29 is 19.4 Å². The molecule has 0 saturated heterocycles. The van der Waals surface area contributed by atoms with Crippen LogP contribution < -0.4 is 0 Å². The summed E-state index contributed by atoms with van der Waals surface area (Å²) in [5, 5.41) is 9.14. The Labute approximate surface area is 173 Å². The fraction of sp³-hybridized carbons (Fsp3) is 0.792. The number of carbonyl (C=O) groups is 1. The van der Waals surface area contributed by atoms with Crippen LogP contribution in [-0.2, 0) is 14.3 Å². The van der Waals surface area contributed by atoms with Crippen LogP contribution in [0.1, 0.15) is 97.8 Å². The van der Waals surface area contributed by atoms with Gasteiger partial charge in [0.05, 0.1) is 18.8 Å². The van der Waals surface area contributed by atoms with Crippen molar-refractivity contribution in [1.29, 1.82) is 0 Å². The van der Waals surface area contributed by atoms with E-state index in [-0.39, 0.29) is 25.3 Å². The van der Waals surface area contributed by atoms with Crippen molar-refractivity contribution in [3.63, 3.8) is 0 Å². The maximum atomic E-state index is 11.7. The molecule has 2 atom stereocenters. The lowest BCUT2D eigenvalue weighted by Gasteiger charge is -2.14. The van der Waals surface area contributed by atoms with E-state index in [4.69, 9.17) is 14.6 Å². The molecule has 0 radical (unpaired) electrons. The molecular weight excluding hydrogens is 352 g/mol. The van der Waals surface area contributed by atoms with Crippen molar-refractivity contribution >= 4 is 5.97 Å². The molecule has 28 heavy (non-hydrogen) atoms. The predicted octanol–water partition coefficient (Wildman–Crippen LogP) is 6.13. The highest BCUT2D eigenvalue weighted by Gasteiger charge is 2.08. The molecule has 0 rings (SSSR count). The molecule has 0 fully saturated rings. The number of ether oxygens (including phenoxy) is 2. The second-order valence-corrected chi connectivity index (χ2v) is 7.66. The first-order valence-corrected chi connectivity index (χ1v) is 11.3. The first kappa shape index (κ1) is 26.9. The van der Waals surface area contributed by atoms with E-state index in [0.29, 0.717) is 6.42 Å². The Bertz CT molecular complexity index is 401. The van der Waals surface area contributed by atoms with Crippen molar-refractivity contribution in [2.45, 2.75) is 110 Å². The highest BCUT2D eigenvalue weighted by Crippen LogP contribution is 2.09. The lowest BCUT2D eigenvalue weighted by atomic mass is 10.1. The van der Waals surface area contributed by atoms with Crippen LogP contribution in [0.3, 0.4) is 0 Å². The summed E-state index contributed by atoms with van der Waals surface area (Å²) in [5.74, 6) is -0.154. The van der Waals surface area contributed by atoms with Crippen LogP contribution in [-0.4, -0.2) is 36.5 Å². The fourth-order valence-corrected chi connectivity index (χ4v) is 2.71. The highest BCUT2D eigenvalue weighted by atomic mass is 16.6. The summed E-state index contributed by atoms with van der Waals surface area (Å²) in [5.41, 5.74) is 0. The van der Waals surface area contributed by atoms with Gasteiger partial charge >= 0.3 is 5.97 Å². The standard InChI is InChI=1S/C24H44O4/c1-4-5-6-7-8-9-10-11-12-13-14-15-16-17-18-19-24(26)28-21-23(3)27-20-22(2)25/h8-9,11-12,22-23,25H,4-7,10,13-21H2,1-3H3/b9-8-,12-11-. The SMILES string of the molecule is CCCCC/C=C\C/C=C\CCCCCCCC(=O)OCC(C)OCC(C)O. The van der Waals surface area contributed by atoms with Crippen molar-refractivity contribution in [2.75, 3.05) is 13.2 Å². The minimum atomic E-state index is -0.495. The van der Waals surface area contributed by atoms with Crippen LogP contribution >= 0.6 is 0 Å². The Hall–Kier alpha value is -1.13. The summed E-state index contributed by atoms with van der Waals surface area (Å²) in [4.78, 5) is 11.7. The molecule has 164 valence electrons. The second kappa shape index (κ2) is 20.6. The topological polar surface area (TPSA) is 55.8 Å². The molecule has 4 nitrogen and oxygen atoms in total. The smallest absolute Gasteiger partial charge is 0.305 e. The van der Waals surface area contributed by atoms with Gasteiger partial charge in [0.2, 0.25) is 0 Å². The van der Waals surface area contributed by atoms with Crippen molar-refractivity contribution in [3.8, 4) is 0 Å². The number of unbranched alkanes of at least 4 members (excludes halogenated alkanes) is 8. The first-order valence-electron chi connectivity index (χ1n) is 11.3. The van der Waals surface area contributed by atoms with Gasteiger partial charge < -0.3 is 14.6 Å². The summed E-state index contributed by atoms with van der Waals surface area (Å²) in [6.45, 7) is 6.27. The van der Waals surface area contributed by atoms with Gasteiger partial charge in [-0.3, -0.25) is 4.79 Å². The Kier molecular flexibility index (Phi) is 19.8. The van der Waals surface area contributed by atoms with Gasteiger partial charge in [0.25, 0.3) is 0 Å². The lowest BCUT2D eigenvalue weighted by molar-refractivity contribution is -0.148. The number of esters is 1. The van der Waals surface area contributed by atoms with Gasteiger partial charge in [-0.25, -0.2) is 0 Å². The minimum Gasteiger partial charge on any atom is -0.463 e. The van der Waals surface area contributed by atoms with Gasteiger partial charge in [-0.1, -0.05) is 63.3 Å². The van der Waals surface area contributed by atoms with Gasteiger partial charge in [0.1, 0.15) is 6.61 Å². The zero-order chi connectivity index (χ0) is 20.9. The van der Waals surface area contributed by atoms with E-state index in [2.05, 4.69) is 31.2 Å². The monoisotopic (exact) mass is 396 g/mol. The largest absolute Gasteiger partial charge is 0.463 e. The Balaban J connectivity index is 3.38. The minimum absolute atomic E-state index is 0.154. The summed E-state index contributed by atoms with van der Waals surface area (Å²) < 4.78 is 10.5. The number of allylic oxidation sites excluding steroid dienone is 4. The van der Waals surface area contributed by atoms with Gasteiger partial charge in [0, 0.05) is 6.42 Å². The maximum Gasteiger partial charge on any atom is 0.305 e. The van der Waals surface area contributed by atoms with Crippen LogP contribution in [0.15, 0.2) is 24.3 Å². The molecule has 4 heteroatoms. The molecule has 0 aromatic heterocycles. The van der Waals surface area contributed by atoms with E-state index in [1.807, 2.05) is 6.92 Å². The van der Waals surface area contributed by atoms with Crippen molar-refractivity contribution in [2.24, 2.45) is 0 Å². The van der Waals surface area contributed by atoms with Crippen molar-refractivity contribution in [3.05, 3.63) is 24.3 Å². The average Bonchev–Trinajstić information content (AvgIpc) is 2.67. The maximum absolute atomic E-state index is 11.7. The molecule has 0 saturated carbocycles. The van der Waals surface area contributed by atoms with Crippen LogP contribution in [0.5, 0.6) is 0 Å². The van der Waals surface area contributed by atoms with Gasteiger partial charge in [0.15, 0.2) is 0 Å². The molecule has 0 heterocycles. The lowest BCUT2D eigenvalue weighted by Crippen LogP contribution is -2.23. The van der Waals surface area contributed by atoms with Gasteiger partial charge in [-0.2, -0.15) is 0 Å². The Morgan fingerprint density at radius 3 is 2.11 bits per heavy atom. The Morgan fingerprint density at radius 2 is 1.46 bits per heavy atom. The highest BCUT2D eigenvalue weighted by molar-refractivity contribution is 5.69. The first-order chi connectivity index (χ1) is 13.6. The third-order valence-corrected chi connectivity index (χ3v) is 4.43. The molecule has 2 unspecified atom stereocenters. The Morgan fingerprint density at radius 1 is 0.857 bits per heavy atom. The molecule has 1 N–H and O–H groups in total. The number of hydrogen-bond acceptors (Lipinski definition) is 4. The molecule has 0 aromatic rings. The summed E-state index contributed by atoms with van der Waals surface area (Å²) in [6.07, 6.45) is 21.9. The fourth-order valence-electron chi connectivity index (χ4n) is 2.71. The van der Waals surface area contributed by atoms with Crippen LogP contribution in [0.4, 0.5) is 0 Å².